The number of amides is 1. The molecule has 1 amide bonds. The predicted octanol–water partition coefficient (Wildman–Crippen LogP) is 4.06. The smallest absolute Gasteiger partial charge is 0.236 e. The summed E-state index contributed by atoms with van der Waals surface area (Å²) in [5.74, 6) is 0.196. The molecular formula is C26H29N3O. The molecular weight excluding hydrogens is 370 g/mol. The Balaban J connectivity index is 1.42. The number of rotatable bonds is 6. The molecule has 0 unspecified atom stereocenters. The molecule has 4 rings (SSSR count). The molecule has 3 aromatic carbocycles. The number of likely N-dealkylation sites (N-methyl/N-ethyl adjacent to an activating group) is 1. The zero-order valence-corrected chi connectivity index (χ0v) is 17.5. The van der Waals surface area contributed by atoms with E-state index in [1.54, 1.807) is 0 Å². The number of carbonyl (C=O) groups excluding carboxylic acids is 1. The highest BCUT2D eigenvalue weighted by atomic mass is 16.2. The second kappa shape index (κ2) is 9.59. The van der Waals surface area contributed by atoms with Crippen LogP contribution >= 0.6 is 0 Å². The van der Waals surface area contributed by atoms with Gasteiger partial charge in [-0.15, -0.1) is 0 Å². The summed E-state index contributed by atoms with van der Waals surface area (Å²) in [7, 11) is 2.04. The van der Waals surface area contributed by atoms with Crippen LogP contribution in [-0.2, 0) is 4.79 Å². The Kier molecular flexibility index (Phi) is 6.45. The Morgan fingerprint density at radius 3 is 1.73 bits per heavy atom. The van der Waals surface area contributed by atoms with Crippen LogP contribution in [0.2, 0.25) is 0 Å². The summed E-state index contributed by atoms with van der Waals surface area (Å²) >= 11 is 0. The van der Waals surface area contributed by atoms with Crippen LogP contribution in [0.25, 0.3) is 0 Å². The SMILES string of the molecule is CN(CC(=O)N1CCN(c2ccccc2)CC1)C(c1ccccc1)c1ccccc1. The molecule has 4 nitrogen and oxygen atoms in total. The Bertz CT molecular complexity index is 883. The maximum atomic E-state index is 13.1. The first kappa shape index (κ1) is 20.2. The summed E-state index contributed by atoms with van der Waals surface area (Å²) in [4.78, 5) is 19.6. The minimum atomic E-state index is 0.0574. The molecule has 1 aliphatic rings. The molecule has 1 heterocycles. The summed E-state index contributed by atoms with van der Waals surface area (Å²) in [6.07, 6.45) is 0. The lowest BCUT2D eigenvalue weighted by Gasteiger charge is -2.37. The Labute approximate surface area is 179 Å². The van der Waals surface area contributed by atoms with Crippen molar-refractivity contribution in [2.75, 3.05) is 44.7 Å². The number of anilines is 1. The molecule has 0 atom stereocenters. The van der Waals surface area contributed by atoms with Gasteiger partial charge in [-0.2, -0.15) is 0 Å². The number of hydrogen-bond donors (Lipinski definition) is 0. The first-order valence-corrected chi connectivity index (χ1v) is 10.6. The average Bonchev–Trinajstić information content (AvgIpc) is 2.81. The van der Waals surface area contributed by atoms with E-state index in [-0.39, 0.29) is 11.9 Å². The van der Waals surface area contributed by atoms with Crippen molar-refractivity contribution in [3.8, 4) is 0 Å². The van der Waals surface area contributed by atoms with Gasteiger partial charge in [-0.25, -0.2) is 0 Å². The third-order valence-corrected chi connectivity index (χ3v) is 5.81. The maximum absolute atomic E-state index is 13.1. The van der Waals surface area contributed by atoms with E-state index in [9.17, 15) is 4.79 Å². The summed E-state index contributed by atoms with van der Waals surface area (Å²) in [5, 5.41) is 0. The van der Waals surface area contributed by atoms with E-state index in [2.05, 4.69) is 82.6 Å². The summed E-state index contributed by atoms with van der Waals surface area (Å²) in [6, 6.07) is 31.3. The maximum Gasteiger partial charge on any atom is 0.236 e. The molecule has 154 valence electrons. The molecule has 0 bridgehead atoms. The number of piperazine rings is 1. The first-order valence-electron chi connectivity index (χ1n) is 10.6. The standard InChI is InChI=1S/C26H29N3O/c1-27(26(22-11-5-2-6-12-22)23-13-7-3-8-14-23)21-25(30)29-19-17-28(18-20-29)24-15-9-4-10-16-24/h2-16,26H,17-21H2,1H3. The highest BCUT2D eigenvalue weighted by Crippen LogP contribution is 2.27. The largest absolute Gasteiger partial charge is 0.368 e. The number of carbonyl (C=O) groups is 1. The number of nitrogens with zero attached hydrogens (tertiary/aromatic N) is 3. The van der Waals surface area contributed by atoms with Crippen molar-refractivity contribution in [1.29, 1.82) is 0 Å². The van der Waals surface area contributed by atoms with Gasteiger partial charge in [-0.1, -0.05) is 78.9 Å². The summed E-state index contributed by atoms with van der Waals surface area (Å²) in [5.41, 5.74) is 3.63. The second-order valence-electron chi connectivity index (χ2n) is 7.84. The molecule has 1 aliphatic heterocycles. The normalized spacial score (nSPS) is 14.4. The van der Waals surface area contributed by atoms with Crippen LogP contribution < -0.4 is 4.90 Å². The minimum absolute atomic E-state index is 0.0574. The number of benzene rings is 3. The highest BCUT2D eigenvalue weighted by molar-refractivity contribution is 5.78. The van der Waals surface area contributed by atoms with E-state index in [4.69, 9.17) is 0 Å². The third-order valence-electron chi connectivity index (χ3n) is 5.81. The highest BCUT2D eigenvalue weighted by Gasteiger charge is 2.25. The fourth-order valence-electron chi connectivity index (χ4n) is 4.23. The van der Waals surface area contributed by atoms with Crippen LogP contribution in [0.15, 0.2) is 91.0 Å². The zero-order chi connectivity index (χ0) is 20.8. The molecule has 0 aliphatic carbocycles. The Morgan fingerprint density at radius 1 is 0.767 bits per heavy atom. The molecule has 1 saturated heterocycles. The van der Waals surface area contributed by atoms with E-state index < -0.39 is 0 Å². The van der Waals surface area contributed by atoms with Gasteiger partial charge < -0.3 is 9.80 Å². The van der Waals surface area contributed by atoms with E-state index in [0.717, 1.165) is 26.2 Å². The quantitative estimate of drug-likeness (QED) is 0.626. The summed E-state index contributed by atoms with van der Waals surface area (Å²) in [6.45, 7) is 3.69. The van der Waals surface area contributed by atoms with Crippen molar-refractivity contribution in [3.63, 3.8) is 0 Å². The van der Waals surface area contributed by atoms with Crippen molar-refractivity contribution in [3.05, 3.63) is 102 Å². The van der Waals surface area contributed by atoms with Gasteiger partial charge in [0.05, 0.1) is 12.6 Å². The van der Waals surface area contributed by atoms with E-state index in [1.807, 2.05) is 30.1 Å². The van der Waals surface area contributed by atoms with Crippen molar-refractivity contribution < 1.29 is 4.79 Å². The lowest BCUT2D eigenvalue weighted by atomic mass is 9.97. The molecule has 0 saturated carbocycles. The zero-order valence-electron chi connectivity index (χ0n) is 17.5. The van der Waals surface area contributed by atoms with E-state index >= 15 is 0 Å². The third kappa shape index (κ3) is 4.71. The van der Waals surface area contributed by atoms with Crippen molar-refractivity contribution in [2.45, 2.75) is 6.04 Å². The molecule has 0 aromatic heterocycles. The molecule has 0 spiro atoms. The number of para-hydroxylation sites is 1. The van der Waals surface area contributed by atoms with Gasteiger partial charge in [-0.05, 0) is 30.3 Å². The molecule has 4 heteroatoms. The lowest BCUT2D eigenvalue weighted by molar-refractivity contribution is -0.132. The van der Waals surface area contributed by atoms with Crippen LogP contribution in [0.5, 0.6) is 0 Å². The van der Waals surface area contributed by atoms with Crippen LogP contribution in [0.4, 0.5) is 5.69 Å². The fourth-order valence-corrected chi connectivity index (χ4v) is 4.23. The van der Waals surface area contributed by atoms with Gasteiger partial charge in [-0.3, -0.25) is 9.69 Å². The van der Waals surface area contributed by atoms with Gasteiger partial charge in [0, 0.05) is 31.9 Å². The molecule has 3 aromatic rings. The Morgan fingerprint density at radius 2 is 1.23 bits per heavy atom. The Hall–Kier alpha value is -3.11. The monoisotopic (exact) mass is 399 g/mol. The molecule has 0 radical (unpaired) electrons. The van der Waals surface area contributed by atoms with Gasteiger partial charge in [0.1, 0.15) is 0 Å². The van der Waals surface area contributed by atoms with E-state index in [1.165, 1.54) is 16.8 Å². The van der Waals surface area contributed by atoms with Gasteiger partial charge in [0.15, 0.2) is 0 Å². The molecule has 30 heavy (non-hydrogen) atoms. The minimum Gasteiger partial charge on any atom is -0.368 e. The van der Waals surface area contributed by atoms with Crippen LogP contribution in [0.1, 0.15) is 17.2 Å². The van der Waals surface area contributed by atoms with Crippen LogP contribution in [0.3, 0.4) is 0 Å². The van der Waals surface area contributed by atoms with Crippen molar-refractivity contribution in [2.24, 2.45) is 0 Å². The van der Waals surface area contributed by atoms with Gasteiger partial charge in [0.25, 0.3) is 0 Å². The van der Waals surface area contributed by atoms with Gasteiger partial charge in [0.2, 0.25) is 5.91 Å². The van der Waals surface area contributed by atoms with Crippen LogP contribution in [0, 0.1) is 0 Å². The summed E-state index contributed by atoms with van der Waals surface area (Å²) < 4.78 is 0. The average molecular weight is 400 g/mol. The predicted molar refractivity (Wildman–Crippen MR) is 123 cm³/mol. The van der Waals surface area contributed by atoms with Crippen LogP contribution in [-0.4, -0.2) is 55.5 Å². The van der Waals surface area contributed by atoms with Crippen molar-refractivity contribution in [1.82, 2.24) is 9.80 Å². The lowest BCUT2D eigenvalue weighted by Crippen LogP contribution is -2.51. The molecule has 1 fully saturated rings. The topological polar surface area (TPSA) is 26.8 Å². The van der Waals surface area contributed by atoms with Gasteiger partial charge >= 0.3 is 0 Å². The molecule has 0 N–H and O–H groups in total. The van der Waals surface area contributed by atoms with Crippen molar-refractivity contribution >= 4 is 11.6 Å². The second-order valence-corrected chi connectivity index (χ2v) is 7.84. The number of hydrogen-bond acceptors (Lipinski definition) is 3. The van der Waals surface area contributed by atoms with E-state index in [0.29, 0.717) is 6.54 Å². The fraction of sp³-hybridized carbons (Fsp3) is 0.269. The first-order chi connectivity index (χ1) is 14.7.